The number of nitrogens with one attached hydrogen (secondary N) is 3. The van der Waals surface area contributed by atoms with Gasteiger partial charge in [-0.25, -0.2) is 10.4 Å². The zero-order chi connectivity index (χ0) is 35.1. The van der Waals surface area contributed by atoms with Crippen LogP contribution in [0.4, 0.5) is 0 Å². The second-order valence-electron chi connectivity index (χ2n) is 12.9. The van der Waals surface area contributed by atoms with Crippen LogP contribution in [-0.2, 0) is 20.9 Å². The molecular formula is C34H46BN7O6S. The van der Waals surface area contributed by atoms with Gasteiger partial charge in [-0.3, -0.25) is 14.4 Å². The topological polar surface area (TPSA) is 162 Å². The standard InChI is InChI=1S/C34H46BN7O6S/c1-20(39-22(3)43)17-42(36-4)26-12-10-25(11-13-26)35-31(29-15-30(47-5)40-48-29)34(46)41-18-27(44)14-28(41)33(45)37-16-23-6-8-24(9-7-23)32-21(2)38-19-49-32/h6-9,15,17,19,25-28,31,35-36,44H,10-14,16,18H2,1-5H3,(H,37,45)(H,39,43)/b20-17+/t25?,26?,27-,28+,31?/m1/s1. The Kier molecular flexibility index (Phi) is 12.1. The summed E-state index contributed by atoms with van der Waals surface area (Å²) in [4.78, 5) is 46.2. The number of nitrogens with zero attached hydrogens (tertiary/aromatic N) is 4. The predicted molar refractivity (Wildman–Crippen MR) is 188 cm³/mol. The van der Waals surface area contributed by atoms with Crippen molar-refractivity contribution in [1.29, 1.82) is 0 Å². The van der Waals surface area contributed by atoms with Crippen LogP contribution in [0.3, 0.4) is 0 Å². The van der Waals surface area contributed by atoms with E-state index in [4.69, 9.17) is 9.26 Å². The molecule has 13 nitrogen and oxygen atoms in total. The minimum atomic E-state index is -0.816. The Balaban J connectivity index is 1.24. The third kappa shape index (κ3) is 9.08. The molecule has 3 aromatic rings. The van der Waals surface area contributed by atoms with Crippen molar-refractivity contribution < 1.29 is 28.8 Å². The van der Waals surface area contributed by atoms with E-state index in [0.29, 0.717) is 19.6 Å². The van der Waals surface area contributed by atoms with Gasteiger partial charge in [-0.1, -0.05) is 42.9 Å². The number of aliphatic hydroxyl groups is 1. The van der Waals surface area contributed by atoms with Crippen molar-refractivity contribution in [1.82, 2.24) is 36.1 Å². The highest BCUT2D eigenvalue weighted by atomic mass is 32.1. The maximum absolute atomic E-state index is 14.3. The number of aryl methyl sites for hydroxylation is 1. The van der Waals surface area contributed by atoms with E-state index in [1.807, 2.05) is 61.9 Å². The highest BCUT2D eigenvalue weighted by Gasteiger charge is 2.43. The van der Waals surface area contributed by atoms with Gasteiger partial charge >= 0.3 is 0 Å². The molecule has 0 radical (unpaired) electrons. The highest BCUT2D eigenvalue weighted by Crippen LogP contribution is 2.36. The summed E-state index contributed by atoms with van der Waals surface area (Å²) in [6.07, 6.45) is 4.76. The molecule has 49 heavy (non-hydrogen) atoms. The number of hydrogen-bond acceptors (Lipinski definition) is 11. The number of amides is 3. The molecule has 3 atom stereocenters. The lowest BCUT2D eigenvalue weighted by molar-refractivity contribution is -0.138. The van der Waals surface area contributed by atoms with E-state index >= 15 is 0 Å². The van der Waals surface area contributed by atoms with Crippen LogP contribution in [0.1, 0.15) is 68.8 Å². The first-order valence-electron chi connectivity index (χ1n) is 16.7. The van der Waals surface area contributed by atoms with E-state index in [9.17, 15) is 19.5 Å². The number of hydrogen-bond donors (Lipinski definition) is 4. The van der Waals surface area contributed by atoms with Crippen molar-refractivity contribution >= 4 is 36.3 Å². The van der Waals surface area contributed by atoms with Gasteiger partial charge in [0.25, 0.3) is 5.88 Å². The molecule has 1 saturated carbocycles. The maximum atomic E-state index is 14.3. The monoisotopic (exact) mass is 691 g/mol. The van der Waals surface area contributed by atoms with Crippen LogP contribution in [-0.4, -0.2) is 89.0 Å². The molecular weight excluding hydrogens is 645 g/mol. The van der Waals surface area contributed by atoms with Gasteiger partial charge in [0.05, 0.1) is 35.1 Å². The summed E-state index contributed by atoms with van der Waals surface area (Å²) in [6.45, 7) is 5.67. The molecule has 5 rings (SSSR count). The van der Waals surface area contributed by atoms with Crippen LogP contribution in [0, 0.1) is 6.92 Å². The quantitative estimate of drug-likeness (QED) is 0.155. The van der Waals surface area contributed by atoms with E-state index in [2.05, 4.69) is 26.2 Å². The maximum Gasteiger partial charge on any atom is 0.254 e. The van der Waals surface area contributed by atoms with Gasteiger partial charge in [0.2, 0.25) is 17.7 Å². The van der Waals surface area contributed by atoms with Crippen molar-refractivity contribution in [2.75, 3.05) is 20.7 Å². The van der Waals surface area contributed by atoms with Crippen LogP contribution >= 0.6 is 11.3 Å². The van der Waals surface area contributed by atoms with E-state index in [1.165, 1.54) is 18.9 Å². The number of aromatic nitrogens is 2. The summed E-state index contributed by atoms with van der Waals surface area (Å²) in [5.74, 6) is -0.516. The van der Waals surface area contributed by atoms with E-state index in [1.54, 1.807) is 17.4 Å². The van der Waals surface area contributed by atoms with Crippen LogP contribution in [0.2, 0.25) is 5.82 Å². The molecule has 0 spiro atoms. The van der Waals surface area contributed by atoms with Crippen molar-refractivity contribution in [3.8, 4) is 16.3 Å². The summed E-state index contributed by atoms with van der Waals surface area (Å²) >= 11 is 1.59. The third-order valence-electron chi connectivity index (χ3n) is 9.39. The number of benzene rings is 1. The Morgan fingerprint density at radius 3 is 2.55 bits per heavy atom. The van der Waals surface area contributed by atoms with Gasteiger partial charge in [-0.2, -0.15) is 0 Å². The normalized spacial score (nSPS) is 21.6. The molecule has 262 valence electrons. The molecule has 1 aromatic carbocycles. The SMILES string of the molecule is CNN(/C=C(\C)NC(C)=O)C1CCC(BC(C(=O)N2C[C@H](O)C[C@H]2C(=O)NCc2ccc(-c3scnc3C)cc2)c2cc(OC)no2)CC1. The first-order valence-corrected chi connectivity index (χ1v) is 17.6. The number of thiazole rings is 1. The lowest BCUT2D eigenvalue weighted by atomic mass is 9.50. The largest absolute Gasteiger partial charge is 0.479 e. The van der Waals surface area contributed by atoms with Gasteiger partial charge in [0.15, 0.2) is 0 Å². The minimum absolute atomic E-state index is 0.0610. The molecule has 1 aliphatic heterocycles. The predicted octanol–water partition coefficient (Wildman–Crippen LogP) is 3.04. The van der Waals surface area contributed by atoms with Gasteiger partial charge in [-0.05, 0) is 43.0 Å². The number of β-amino-alcohol motifs (C(OH)–C–C–N with tert-alkyl or cyclic N) is 1. The Hall–Kier alpha value is -4.21. The second-order valence-corrected chi connectivity index (χ2v) is 13.8. The Morgan fingerprint density at radius 1 is 1.20 bits per heavy atom. The molecule has 15 heteroatoms. The highest BCUT2D eigenvalue weighted by molar-refractivity contribution is 7.13. The van der Waals surface area contributed by atoms with Gasteiger partial charge in [0.1, 0.15) is 19.1 Å². The Labute approximate surface area is 291 Å². The Bertz CT molecular complexity index is 1620. The molecule has 1 saturated heterocycles. The molecule has 2 fully saturated rings. The number of carbonyl (C=O) groups is 3. The van der Waals surface area contributed by atoms with Crippen LogP contribution in [0.15, 0.2) is 52.3 Å². The smallest absolute Gasteiger partial charge is 0.254 e. The number of allylic oxidation sites excluding steroid dienone is 1. The summed E-state index contributed by atoms with van der Waals surface area (Å²) < 4.78 is 10.9. The third-order valence-corrected chi connectivity index (χ3v) is 10.4. The van der Waals surface area contributed by atoms with Crippen molar-refractivity contribution in [2.24, 2.45) is 0 Å². The fourth-order valence-electron chi connectivity index (χ4n) is 6.90. The zero-order valence-corrected chi connectivity index (χ0v) is 29.6. The number of ether oxygens (including phenoxy) is 1. The number of carbonyl (C=O) groups excluding carboxylic acids is 3. The fraction of sp³-hybridized carbons (Fsp3) is 0.500. The lowest BCUT2D eigenvalue weighted by Gasteiger charge is -2.37. The lowest BCUT2D eigenvalue weighted by Crippen LogP contribution is -2.48. The van der Waals surface area contributed by atoms with E-state index in [-0.39, 0.29) is 48.4 Å². The number of aliphatic hydroxyl groups excluding tert-OH is 1. The number of hydrazine groups is 1. The zero-order valence-electron chi connectivity index (χ0n) is 28.8. The molecule has 0 bridgehead atoms. The number of methoxy groups -OCH3 is 1. The summed E-state index contributed by atoms with van der Waals surface area (Å²) in [5.41, 5.74) is 8.77. The van der Waals surface area contributed by atoms with Gasteiger partial charge in [-0.15, -0.1) is 11.3 Å². The van der Waals surface area contributed by atoms with Crippen LogP contribution in [0.5, 0.6) is 5.88 Å². The first-order chi connectivity index (χ1) is 23.6. The molecule has 2 aliphatic rings. The van der Waals surface area contributed by atoms with E-state index < -0.39 is 18.0 Å². The molecule has 4 N–H and O–H groups in total. The average molecular weight is 692 g/mol. The molecule has 3 heterocycles. The van der Waals surface area contributed by atoms with Crippen molar-refractivity contribution in [2.45, 2.75) is 89.2 Å². The molecule has 3 amide bonds. The second kappa shape index (κ2) is 16.5. The Morgan fingerprint density at radius 2 is 1.94 bits per heavy atom. The summed E-state index contributed by atoms with van der Waals surface area (Å²) in [6, 6.07) is 9.01. The van der Waals surface area contributed by atoms with Crippen LogP contribution < -0.4 is 20.8 Å². The summed E-state index contributed by atoms with van der Waals surface area (Å²) in [7, 11) is 3.85. The molecule has 2 aromatic heterocycles. The van der Waals surface area contributed by atoms with E-state index in [0.717, 1.165) is 53.1 Å². The number of likely N-dealkylation sites (tertiary alicyclic amines) is 1. The fourth-order valence-corrected chi connectivity index (χ4v) is 7.71. The average Bonchev–Trinajstić information content (AvgIpc) is 3.85. The summed E-state index contributed by atoms with van der Waals surface area (Å²) in [5, 5.41) is 22.4. The van der Waals surface area contributed by atoms with Crippen molar-refractivity contribution in [3.63, 3.8) is 0 Å². The van der Waals surface area contributed by atoms with Crippen LogP contribution in [0.25, 0.3) is 10.4 Å². The van der Waals surface area contributed by atoms with Gasteiger partial charge < -0.3 is 34.9 Å². The number of rotatable bonds is 13. The first kappa shape index (κ1) is 36.1. The van der Waals surface area contributed by atoms with Gasteiger partial charge in [0, 0.05) is 57.5 Å². The van der Waals surface area contributed by atoms with Crippen molar-refractivity contribution in [3.05, 3.63) is 64.8 Å². The molecule has 1 unspecified atom stereocenters. The minimum Gasteiger partial charge on any atom is -0.479 e. The molecule has 1 aliphatic carbocycles.